The summed E-state index contributed by atoms with van der Waals surface area (Å²) in [6, 6.07) is 12.7. The van der Waals surface area contributed by atoms with Gasteiger partial charge in [0.1, 0.15) is 0 Å². The third kappa shape index (κ3) is 2.61. The van der Waals surface area contributed by atoms with Crippen LogP contribution in [-0.2, 0) is 7.05 Å². The SMILES string of the molecule is Cc1cccc(NC(=O)c2nn(C)c(=O)c3ccccc23)c1C. The highest BCUT2D eigenvalue weighted by molar-refractivity contribution is 6.11. The Hall–Kier alpha value is -2.95. The van der Waals surface area contributed by atoms with Gasteiger partial charge in [-0.1, -0.05) is 30.3 Å². The van der Waals surface area contributed by atoms with E-state index in [1.165, 1.54) is 4.68 Å². The summed E-state index contributed by atoms with van der Waals surface area (Å²) in [4.78, 5) is 24.8. The molecule has 0 aliphatic carbocycles. The molecule has 0 saturated carbocycles. The van der Waals surface area contributed by atoms with Crippen molar-refractivity contribution in [3.05, 3.63) is 69.6 Å². The summed E-state index contributed by atoms with van der Waals surface area (Å²) in [6.07, 6.45) is 0. The van der Waals surface area contributed by atoms with Crippen LogP contribution in [0.1, 0.15) is 21.6 Å². The van der Waals surface area contributed by atoms with Crippen molar-refractivity contribution >= 4 is 22.4 Å². The molecule has 0 atom stereocenters. The number of fused-ring (bicyclic) bond motifs is 1. The van der Waals surface area contributed by atoms with Gasteiger partial charge < -0.3 is 5.32 Å². The number of carbonyl (C=O) groups excluding carboxylic acids is 1. The minimum absolute atomic E-state index is 0.219. The van der Waals surface area contributed by atoms with Crippen molar-refractivity contribution in [1.82, 2.24) is 9.78 Å². The van der Waals surface area contributed by atoms with E-state index in [-0.39, 0.29) is 17.2 Å². The van der Waals surface area contributed by atoms with E-state index < -0.39 is 0 Å². The zero-order valence-corrected chi connectivity index (χ0v) is 13.3. The van der Waals surface area contributed by atoms with Crippen LogP contribution in [0.5, 0.6) is 0 Å². The summed E-state index contributed by atoms with van der Waals surface area (Å²) in [5.41, 5.74) is 2.87. The lowest BCUT2D eigenvalue weighted by Gasteiger charge is -2.12. The van der Waals surface area contributed by atoms with E-state index in [0.29, 0.717) is 10.8 Å². The molecule has 1 aromatic heterocycles. The highest BCUT2D eigenvalue weighted by Gasteiger charge is 2.16. The van der Waals surface area contributed by atoms with Gasteiger partial charge in [0.15, 0.2) is 5.69 Å². The van der Waals surface area contributed by atoms with Crippen LogP contribution in [0, 0.1) is 13.8 Å². The fourth-order valence-corrected chi connectivity index (χ4v) is 2.54. The van der Waals surface area contributed by atoms with Gasteiger partial charge in [0.25, 0.3) is 11.5 Å². The van der Waals surface area contributed by atoms with Gasteiger partial charge in [-0.2, -0.15) is 5.10 Å². The normalized spacial score (nSPS) is 10.7. The summed E-state index contributed by atoms with van der Waals surface area (Å²) >= 11 is 0. The molecule has 1 amide bonds. The Morgan fingerprint density at radius 1 is 1.04 bits per heavy atom. The molecule has 5 nitrogen and oxygen atoms in total. The number of aromatic nitrogens is 2. The molecule has 116 valence electrons. The second kappa shape index (κ2) is 5.68. The molecule has 1 N–H and O–H groups in total. The van der Waals surface area contributed by atoms with Gasteiger partial charge in [-0.15, -0.1) is 0 Å². The van der Waals surface area contributed by atoms with Gasteiger partial charge >= 0.3 is 0 Å². The van der Waals surface area contributed by atoms with Crippen molar-refractivity contribution in [2.24, 2.45) is 7.05 Å². The summed E-state index contributed by atoms with van der Waals surface area (Å²) in [7, 11) is 1.55. The Morgan fingerprint density at radius 3 is 2.48 bits per heavy atom. The van der Waals surface area contributed by atoms with E-state index in [1.807, 2.05) is 32.0 Å². The standard InChI is InChI=1S/C18H17N3O2/c1-11-7-6-10-15(12(11)2)19-17(22)16-13-8-4-5-9-14(13)18(23)21(3)20-16/h4-10H,1-3H3,(H,19,22). The molecule has 0 aliphatic rings. The average Bonchev–Trinajstić information content (AvgIpc) is 2.55. The number of nitrogens with zero attached hydrogens (tertiary/aromatic N) is 2. The Balaban J connectivity index is 2.10. The maximum absolute atomic E-state index is 12.7. The molecule has 0 bridgehead atoms. The van der Waals surface area contributed by atoms with Crippen LogP contribution in [0.25, 0.3) is 10.8 Å². The Labute approximate surface area is 133 Å². The van der Waals surface area contributed by atoms with Crippen molar-refractivity contribution in [3.8, 4) is 0 Å². The number of hydrogen-bond donors (Lipinski definition) is 1. The number of benzene rings is 2. The molecular formula is C18H17N3O2. The molecule has 2 aromatic carbocycles. The zero-order chi connectivity index (χ0) is 16.6. The van der Waals surface area contributed by atoms with Gasteiger partial charge in [0, 0.05) is 18.1 Å². The van der Waals surface area contributed by atoms with E-state index in [9.17, 15) is 9.59 Å². The van der Waals surface area contributed by atoms with E-state index in [1.54, 1.807) is 31.3 Å². The lowest BCUT2D eigenvalue weighted by Crippen LogP contribution is -2.25. The van der Waals surface area contributed by atoms with Gasteiger partial charge in [-0.05, 0) is 37.1 Å². The second-order valence-corrected chi connectivity index (χ2v) is 5.52. The van der Waals surface area contributed by atoms with E-state index in [2.05, 4.69) is 10.4 Å². The van der Waals surface area contributed by atoms with E-state index in [0.717, 1.165) is 16.8 Å². The Kier molecular flexibility index (Phi) is 3.70. The highest BCUT2D eigenvalue weighted by atomic mass is 16.2. The second-order valence-electron chi connectivity index (χ2n) is 5.52. The number of anilines is 1. The minimum Gasteiger partial charge on any atom is -0.320 e. The predicted molar refractivity (Wildman–Crippen MR) is 90.9 cm³/mol. The number of nitrogens with one attached hydrogen (secondary N) is 1. The summed E-state index contributed by atoms with van der Waals surface area (Å²) in [5.74, 6) is -0.328. The fourth-order valence-electron chi connectivity index (χ4n) is 2.54. The summed E-state index contributed by atoms with van der Waals surface area (Å²) in [6.45, 7) is 3.95. The third-order valence-electron chi connectivity index (χ3n) is 4.02. The van der Waals surface area contributed by atoms with Crippen molar-refractivity contribution in [3.63, 3.8) is 0 Å². The van der Waals surface area contributed by atoms with Crippen molar-refractivity contribution in [1.29, 1.82) is 0 Å². The van der Waals surface area contributed by atoms with Crippen molar-refractivity contribution < 1.29 is 4.79 Å². The molecule has 0 unspecified atom stereocenters. The zero-order valence-electron chi connectivity index (χ0n) is 13.3. The van der Waals surface area contributed by atoms with E-state index >= 15 is 0 Å². The molecule has 0 spiro atoms. The lowest BCUT2D eigenvalue weighted by molar-refractivity contribution is 0.102. The molecule has 0 fully saturated rings. The number of amides is 1. The van der Waals surface area contributed by atoms with Gasteiger partial charge in [-0.25, -0.2) is 4.68 Å². The smallest absolute Gasteiger partial charge is 0.276 e. The van der Waals surface area contributed by atoms with Gasteiger partial charge in [0.05, 0.1) is 5.39 Å². The first-order chi connectivity index (χ1) is 11.0. The monoisotopic (exact) mass is 307 g/mol. The van der Waals surface area contributed by atoms with Crippen LogP contribution >= 0.6 is 0 Å². The molecule has 5 heteroatoms. The predicted octanol–water partition coefficient (Wildman–Crippen LogP) is 2.80. The summed E-state index contributed by atoms with van der Waals surface area (Å²) in [5, 5.41) is 8.07. The van der Waals surface area contributed by atoms with Crippen LogP contribution in [-0.4, -0.2) is 15.7 Å². The minimum atomic E-state index is -0.328. The first kappa shape index (κ1) is 15.0. The molecular weight excluding hydrogens is 290 g/mol. The number of aryl methyl sites for hydroxylation is 2. The lowest BCUT2D eigenvalue weighted by atomic mass is 10.1. The van der Waals surface area contributed by atoms with E-state index in [4.69, 9.17) is 0 Å². The molecule has 3 rings (SSSR count). The molecule has 0 saturated heterocycles. The van der Waals surface area contributed by atoms with Crippen LogP contribution in [0.4, 0.5) is 5.69 Å². The van der Waals surface area contributed by atoms with Crippen molar-refractivity contribution in [2.45, 2.75) is 13.8 Å². The Bertz CT molecular complexity index is 974. The third-order valence-corrected chi connectivity index (χ3v) is 4.02. The first-order valence-corrected chi connectivity index (χ1v) is 7.32. The highest BCUT2D eigenvalue weighted by Crippen LogP contribution is 2.20. The first-order valence-electron chi connectivity index (χ1n) is 7.32. The number of rotatable bonds is 2. The fraction of sp³-hybridized carbons (Fsp3) is 0.167. The van der Waals surface area contributed by atoms with Crippen LogP contribution < -0.4 is 10.9 Å². The maximum Gasteiger partial charge on any atom is 0.276 e. The average molecular weight is 307 g/mol. The van der Waals surface area contributed by atoms with Crippen LogP contribution in [0.3, 0.4) is 0 Å². The van der Waals surface area contributed by atoms with Gasteiger partial charge in [-0.3, -0.25) is 9.59 Å². The maximum atomic E-state index is 12.7. The molecule has 0 aliphatic heterocycles. The molecule has 23 heavy (non-hydrogen) atoms. The van der Waals surface area contributed by atoms with Gasteiger partial charge in [0.2, 0.25) is 0 Å². The van der Waals surface area contributed by atoms with Crippen LogP contribution in [0.2, 0.25) is 0 Å². The largest absolute Gasteiger partial charge is 0.320 e. The quantitative estimate of drug-likeness (QED) is 0.792. The Morgan fingerprint density at radius 2 is 1.74 bits per heavy atom. The molecule has 3 aromatic rings. The summed E-state index contributed by atoms with van der Waals surface area (Å²) < 4.78 is 1.19. The number of hydrogen-bond acceptors (Lipinski definition) is 3. The van der Waals surface area contributed by atoms with Crippen LogP contribution in [0.15, 0.2) is 47.3 Å². The van der Waals surface area contributed by atoms with Crippen molar-refractivity contribution in [2.75, 3.05) is 5.32 Å². The molecule has 1 heterocycles. The number of carbonyl (C=O) groups is 1. The molecule has 0 radical (unpaired) electrons. The topological polar surface area (TPSA) is 64.0 Å².